The SMILES string of the molecule is O=c1[nH]c2cc3c(cc2cc1CN(Cc1ccccc1)C(=S)Nc1ccc(F)cc1)OCO3. The quantitative estimate of drug-likeness (QED) is 0.417. The van der Waals surface area contributed by atoms with Crippen molar-refractivity contribution in [3.8, 4) is 11.5 Å². The number of ether oxygens (including phenoxy) is 2. The summed E-state index contributed by atoms with van der Waals surface area (Å²) in [5, 5.41) is 4.41. The number of nitrogens with one attached hydrogen (secondary N) is 2. The van der Waals surface area contributed by atoms with Crippen molar-refractivity contribution in [1.82, 2.24) is 9.88 Å². The molecule has 166 valence electrons. The number of thiocarbonyl (C=S) groups is 1. The molecule has 0 atom stereocenters. The molecule has 1 aromatic heterocycles. The highest BCUT2D eigenvalue weighted by molar-refractivity contribution is 7.80. The Balaban J connectivity index is 1.45. The van der Waals surface area contributed by atoms with E-state index in [2.05, 4.69) is 10.3 Å². The second kappa shape index (κ2) is 8.91. The van der Waals surface area contributed by atoms with E-state index in [1.54, 1.807) is 18.2 Å². The molecule has 0 spiro atoms. The molecule has 0 bridgehead atoms. The van der Waals surface area contributed by atoms with Gasteiger partial charge < -0.3 is 24.7 Å². The minimum absolute atomic E-state index is 0.164. The predicted octanol–water partition coefficient (Wildman–Crippen LogP) is 4.80. The van der Waals surface area contributed by atoms with Crippen LogP contribution in [0.2, 0.25) is 0 Å². The molecule has 2 N–H and O–H groups in total. The number of anilines is 1. The second-order valence-corrected chi connectivity index (χ2v) is 8.08. The number of hydrogen-bond acceptors (Lipinski definition) is 4. The molecule has 8 heteroatoms. The molecule has 1 aliphatic heterocycles. The number of pyridine rings is 1. The molecule has 3 aromatic carbocycles. The van der Waals surface area contributed by atoms with E-state index in [0.29, 0.717) is 39.9 Å². The van der Waals surface area contributed by atoms with Crippen molar-refractivity contribution in [2.75, 3.05) is 12.1 Å². The van der Waals surface area contributed by atoms with Gasteiger partial charge in [0, 0.05) is 29.2 Å². The lowest BCUT2D eigenvalue weighted by Gasteiger charge is -2.26. The van der Waals surface area contributed by atoms with Crippen molar-refractivity contribution >= 4 is 33.9 Å². The highest BCUT2D eigenvalue weighted by Gasteiger charge is 2.18. The van der Waals surface area contributed by atoms with Crippen molar-refractivity contribution in [1.29, 1.82) is 0 Å². The summed E-state index contributed by atoms with van der Waals surface area (Å²) in [6.45, 7) is 0.936. The molecular weight excluding hydrogens is 441 g/mol. The summed E-state index contributed by atoms with van der Waals surface area (Å²) in [5.74, 6) is 0.938. The summed E-state index contributed by atoms with van der Waals surface area (Å²) in [6.07, 6.45) is 0. The summed E-state index contributed by atoms with van der Waals surface area (Å²) in [7, 11) is 0. The van der Waals surface area contributed by atoms with Gasteiger partial charge in [-0.1, -0.05) is 30.3 Å². The number of H-pyrrole nitrogens is 1. The zero-order valence-electron chi connectivity index (χ0n) is 17.5. The molecule has 0 fully saturated rings. The molecule has 6 nitrogen and oxygen atoms in total. The number of aromatic amines is 1. The summed E-state index contributed by atoms with van der Waals surface area (Å²) in [6, 6.07) is 21.3. The molecule has 0 unspecified atom stereocenters. The zero-order chi connectivity index (χ0) is 22.8. The Kier molecular flexibility index (Phi) is 5.66. The number of benzene rings is 3. The Labute approximate surface area is 194 Å². The van der Waals surface area contributed by atoms with Gasteiger partial charge in [0.15, 0.2) is 16.6 Å². The van der Waals surface area contributed by atoms with Gasteiger partial charge in [0.25, 0.3) is 5.56 Å². The maximum atomic E-state index is 13.3. The number of rotatable bonds is 5. The lowest BCUT2D eigenvalue weighted by molar-refractivity contribution is 0.174. The van der Waals surface area contributed by atoms with Gasteiger partial charge in [-0.2, -0.15) is 0 Å². The molecule has 1 aliphatic rings. The van der Waals surface area contributed by atoms with Crippen molar-refractivity contribution < 1.29 is 13.9 Å². The van der Waals surface area contributed by atoms with Crippen molar-refractivity contribution in [2.45, 2.75) is 13.1 Å². The third-order valence-electron chi connectivity index (χ3n) is 5.37. The Bertz CT molecular complexity index is 1370. The van der Waals surface area contributed by atoms with Crippen LogP contribution in [0.5, 0.6) is 11.5 Å². The lowest BCUT2D eigenvalue weighted by atomic mass is 10.1. The Morgan fingerprint density at radius 1 is 1.00 bits per heavy atom. The maximum absolute atomic E-state index is 13.3. The molecule has 2 heterocycles. The molecule has 4 aromatic rings. The summed E-state index contributed by atoms with van der Waals surface area (Å²) < 4.78 is 24.2. The lowest BCUT2D eigenvalue weighted by Crippen LogP contribution is -2.35. The molecule has 0 saturated heterocycles. The van der Waals surface area contributed by atoms with Crippen LogP contribution < -0.4 is 20.3 Å². The fourth-order valence-electron chi connectivity index (χ4n) is 3.70. The van der Waals surface area contributed by atoms with E-state index in [1.807, 2.05) is 47.4 Å². The first-order chi connectivity index (χ1) is 16.0. The number of nitrogens with zero attached hydrogens (tertiary/aromatic N) is 1. The molecule has 0 aliphatic carbocycles. The van der Waals surface area contributed by atoms with Gasteiger partial charge in [0.05, 0.1) is 12.1 Å². The predicted molar refractivity (Wildman–Crippen MR) is 129 cm³/mol. The fraction of sp³-hybridized carbons (Fsp3) is 0.120. The smallest absolute Gasteiger partial charge is 0.253 e. The number of hydrogen-bond donors (Lipinski definition) is 2. The molecule has 0 saturated carbocycles. The zero-order valence-corrected chi connectivity index (χ0v) is 18.3. The molecule has 0 amide bonds. The average Bonchev–Trinajstić information content (AvgIpc) is 3.27. The van der Waals surface area contributed by atoms with Gasteiger partial charge in [0.1, 0.15) is 5.82 Å². The van der Waals surface area contributed by atoms with Gasteiger partial charge >= 0.3 is 0 Å². The minimum atomic E-state index is -0.323. The second-order valence-electron chi connectivity index (χ2n) is 7.70. The first kappa shape index (κ1) is 21.0. The minimum Gasteiger partial charge on any atom is -0.454 e. The molecule has 5 rings (SSSR count). The Hall–Kier alpha value is -3.91. The van der Waals surface area contributed by atoms with Crippen LogP contribution >= 0.6 is 12.2 Å². The molecule has 33 heavy (non-hydrogen) atoms. The van der Waals surface area contributed by atoms with Crippen LogP contribution in [0.4, 0.5) is 10.1 Å². The van der Waals surface area contributed by atoms with E-state index in [-0.39, 0.29) is 24.7 Å². The van der Waals surface area contributed by atoms with Gasteiger partial charge in [0.2, 0.25) is 6.79 Å². The van der Waals surface area contributed by atoms with Crippen LogP contribution in [-0.2, 0) is 13.1 Å². The van der Waals surface area contributed by atoms with Crippen molar-refractivity contribution in [3.63, 3.8) is 0 Å². The van der Waals surface area contributed by atoms with Crippen molar-refractivity contribution in [2.24, 2.45) is 0 Å². The average molecular weight is 462 g/mol. The van der Waals surface area contributed by atoms with Crippen LogP contribution in [-0.4, -0.2) is 21.8 Å². The van der Waals surface area contributed by atoms with Gasteiger partial charge in [-0.25, -0.2) is 4.39 Å². The largest absolute Gasteiger partial charge is 0.454 e. The summed E-state index contributed by atoms with van der Waals surface area (Å²) in [5.41, 5.74) is 2.74. The summed E-state index contributed by atoms with van der Waals surface area (Å²) in [4.78, 5) is 17.7. The van der Waals surface area contributed by atoms with Crippen LogP contribution in [0.1, 0.15) is 11.1 Å². The van der Waals surface area contributed by atoms with Gasteiger partial charge in [-0.15, -0.1) is 0 Å². The van der Waals surface area contributed by atoms with E-state index >= 15 is 0 Å². The molecule has 0 radical (unpaired) electrons. The highest BCUT2D eigenvalue weighted by atomic mass is 32.1. The van der Waals surface area contributed by atoms with E-state index in [1.165, 1.54) is 12.1 Å². The van der Waals surface area contributed by atoms with Gasteiger partial charge in [-0.3, -0.25) is 4.79 Å². The third-order valence-corrected chi connectivity index (χ3v) is 5.73. The first-order valence-corrected chi connectivity index (χ1v) is 10.8. The van der Waals surface area contributed by atoms with E-state index in [9.17, 15) is 9.18 Å². The Morgan fingerprint density at radius 2 is 1.73 bits per heavy atom. The highest BCUT2D eigenvalue weighted by Crippen LogP contribution is 2.35. The van der Waals surface area contributed by atoms with E-state index in [0.717, 1.165) is 10.9 Å². The van der Waals surface area contributed by atoms with Crippen LogP contribution in [0.15, 0.2) is 77.6 Å². The number of fused-ring (bicyclic) bond motifs is 2. The van der Waals surface area contributed by atoms with E-state index in [4.69, 9.17) is 21.7 Å². The van der Waals surface area contributed by atoms with Crippen molar-refractivity contribution in [3.05, 3.63) is 100 Å². The monoisotopic (exact) mass is 461 g/mol. The summed E-state index contributed by atoms with van der Waals surface area (Å²) >= 11 is 5.66. The Morgan fingerprint density at radius 3 is 2.48 bits per heavy atom. The molecular formula is C25H20FN3O3S. The normalized spacial score (nSPS) is 12.0. The van der Waals surface area contributed by atoms with Gasteiger partial charge in [-0.05, 0) is 54.2 Å². The number of halogens is 1. The third kappa shape index (κ3) is 4.65. The first-order valence-electron chi connectivity index (χ1n) is 10.4. The standard InChI is InChI=1S/C25H20FN3O3S/c26-19-6-8-20(9-7-19)27-25(33)29(13-16-4-2-1-3-5-16)14-18-10-17-11-22-23(32-15-31-22)12-21(17)28-24(18)30/h1-12H,13-15H2,(H,27,33)(H,28,30). The number of aromatic nitrogens is 1. The topological polar surface area (TPSA) is 66.6 Å². The van der Waals surface area contributed by atoms with Crippen LogP contribution in [0, 0.1) is 5.82 Å². The maximum Gasteiger partial charge on any atom is 0.253 e. The van der Waals surface area contributed by atoms with Crippen LogP contribution in [0.3, 0.4) is 0 Å². The fourth-order valence-corrected chi connectivity index (χ4v) is 3.95. The van der Waals surface area contributed by atoms with E-state index < -0.39 is 0 Å². The van der Waals surface area contributed by atoms with Crippen LogP contribution in [0.25, 0.3) is 10.9 Å².